The molecule has 116 valence electrons. The number of hydrogen-bond acceptors (Lipinski definition) is 5. The van der Waals surface area contributed by atoms with Crippen LogP contribution in [0.4, 0.5) is 0 Å². The lowest BCUT2D eigenvalue weighted by Crippen LogP contribution is -2.29. The monoisotopic (exact) mass is 302 g/mol. The van der Waals surface area contributed by atoms with Crippen molar-refractivity contribution in [1.82, 2.24) is 0 Å². The van der Waals surface area contributed by atoms with Crippen LogP contribution in [0.25, 0.3) is 0 Å². The zero-order valence-corrected chi connectivity index (χ0v) is 14.4. The van der Waals surface area contributed by atoms with Crippen molar-refractivity contribution in [2.45, 2.75) is 52.1 Å². The molecule has 0 bridgehead atoms. The predicted molar refractivity (Wildman–Crippen MR) is 78.7 cm³/mol. The zero-order valence-electron chi connectivity index (χ0n) is 13.4. The Kier molecular flexibility index (Phi) is 5.79. The van der Waals surface area contributed by atoms with Crippen molar-refractivity contribution < 1.29 is 23.4 Å². The van der Waals surface area contributed by atoms with Crippen LogP contribution >= 0.6 is 0 Å². The molecular formula is C14H26O5Si. The lowest BCUT2D eigenvalue weighted by Gasteiger charge is -2.27. The number of methoxy groups -OCH3 is 1. The number of allylic oxidation sites excluding steroid dienone is 1. The number of ether oxygens (including phenoxy) is 3. The van der Waals surface area contributed by atoms with Crippen LogP contribution in [-0.4, -0.2) is 40.4 Å². The molecule has 0 saturated carbocycles. The second kappa shape index (κ2) is 6.73. The highest BCUT2D eigenvalue weighted by Crippen LogP contribution is 2.28. The topological polar surface area (TPSA) is 54.0 Å². The molecule has 1 aliphatic heterocycles. The third-order valence-electron chi connectivity index (χ3n) is 3.04. The first-order valence-electron chi connectivity index (χ1n) is 6.92. The number of hydrogen-bond donors (Lipinski definition) is 0. The smallest absolute Gasteiger partial charge is 0.336 e. The zero-order chi connectivity index (χ0) is 15.4. The van der Waals surface area contributed by atoms with Crippen LogP contribution in [-0.2, 0) is 23.4 Å². The molecular weight excluding hydrogens is 276 g/mol. The van der Waals surface area contributed by atoms with Gasteiger partial charge in [0.15, 0.2) is 5.79 Å². The molecule has 1 rings (SSSR count). The van der Waals surface area contributed by atoms with Gasteiger partial charge < -0.3 is 18.6 Å². The van der Waals surface area contributed by atoms with Crippen LogP contribution in [0.15, 0.2) is 11.3 Å². The Morgan fingerprint density at radius 1 is 1.25 bits per heavy atom. The summed E-state index contributed by atoms with van der Waals surface area (Å²) in [5.74, 6) is -0.238. The summed E-state index contributed by atoms with van der Waals surface area (Å²) in [7, 11) is -0.413. The summed E-state index contributed by atoms with van der Waals surface area (Å²) in [4.78, 5) is 11.7. The first-order chi connectivity index (χ1) is 9.17. The van der Waals surface area contributed by atoms with E-state index in [9.17, 15) is 4.79 Å². The van der Waals surface area contributed by atoms with Gasteiger partial charge in [-0.3, -0.25) is 0 Å². The molecule has 0 atom stereocenters. The van der Waals surface area contributed by atoms with Crippen LogP contribution < -0.4 is 0 Å². The number of rotatable bonds is 6. The fraction of sp³-hybridized carbons (Fsp3) is 0.786. The first kappa shape index (κ1) is 17.2. The SMILES string of the molecule is COC(=O)/C(C)=C(/CCC1(C)OCCO1)O[Si](C)(C)C. The molecule has 0 amide bonds. The molecule has 0 aliphatic carbocycles. The van der Waals surface area contributed by atoms with Crippen molar-refractivity contribution in [3.63, 3.8) is 0 Å². The minimum Gasteiger partial charge on any atom is -0.547 e. The maximum Gasteiger partial charge on any atom is 0.336 e. The Morgan fingerprint density at radius 3 is 2.25 bits per heavy atom. The average Bonchev–Trinajstić information content (AvgIpc) is 2.78. The summed E-state index contributed by atoms with van der Waals surface area (Å²) >= 11 is 0. The molecule has 1 aliphatic rings. The third-order valence-corrected chi connectivity index (χ3v) is 3.90. The van der Waals surface area contributed by atoms with Crippen LogP contribution in [0.2, 0.25) is 19.6 Å². The molecule has 0 aromatic carbocycles. The van der Waals surface area contributed by atoms with Gasteiger partial charge >= 0.3 is 5.97 Å². The highest BCUT2D eigenvalue weighted by molar-refractivity contribution is 6.70. The first-order valence-corrected chi connectivity index (χ1v) is 10.3. The highest BCUT2D eigenvalue weighted by atomic mass is 28.4. The molecule has 5 nitrogen and oxygen atoms in total. The van der Waals surface area contributed by atoms with E-state index in [0.29, 0.717) is 37.4 Å². The molecule has 1 saturated heterocycles. The van der Waals surface area contributed by atoms with E-state index in [1.807, 2.05) is 6.92 Å². The summed E-state index contributed by atoms with van der Waals surface area (Å²) in [6.07, 6.45) is 1.25. The van der Waals surface area contributed by atoms with E-state index in [2.05, 4.69) is 19.6 Å². The summed E-state index contributed by atoms with van der Waals surface area (Å²) in [5, 5.41) is 0. The summed E-state index contributed by atoms with van der Waals surface area (Å²) in [6, 6.07) is 0. The highest BCUT2D eigenvalue weighted by Gasteiger charge is 2.32. The normalized spacial score (nSPS) is 19.5. The van der Waals surface area contributed by atoms with E-state index in [1.165, 1.54) is 7.11 Å². The van der Waals surface area contributed by atoms with Gasteiger partial charge in [0.1, 0.15) is 0 Å². The standard InChI is InChI=1S/C14H26O5Si/c1-11(13(15)16-3)12(19-20(4,5)6)7-8-14(2)17-9-10-18-14/h7-10H2,1-6H3/b12-11-. The average molecular weight is 302 g/mol. The summed E-state index contributed by atoms with van der Waals surface area (Å²) in [6.45, 7) is 11.1. The lowest BCUT2D eigenvalue weighted by atomic mass is 10.1. The van der Waals surface area contributed by atoms with Gasteiger partial charge in [0.2, 0.25) is 8.32 Å². The molecule has 0 unspecified atom stereocenters. The largest absolute Gasteiger partial charge is 0.547 e. The van der Waals surface area contributed by atoms with E-state index < -0.39 is 14.1 Å². The summed E-state index contributed by atoms with van der Waals surface area (Å²) in [5.41, 5.74) is 0.525. The Morgan fingerprint density at radius 2 is 1.80 bits per heavy atom. The fourth-order valence-electron chi connectivity index (χ4n) is 1.99. The minimum absolute atomic E-state index is 0.350. The maximum absolute atomic E-state index is 11.7. The van der Waals surface area contributed by atoms with Crippen LogP contribution in [0.1, 0.15) is 26.7 Å². The molecule has 0 N–H and O–H groups in total. The van der Waals surface area contributed by atoms with E-state index in [-0.39, 0.29) is 5.97 Å². The van der Waals surface area contributed by atoms with Crippen molar-refractivity contribution in [3.05, 3.63) is 11.3 Å². The Labute approximate surface area is 122 Å². The molecule has 0 spiro atoms. The van der Waals surface area contributed by atoms with E-state index >= 15 is 0 Å². The van der Waals surface area contributed by atoms with Crippen molar-refractivity contribution in [2.24, 2.45) is 0 Å². The molecule has 20 heavy (non-hydrogen) atoms. The van der Waals surface area contributed by atoms with Gasteiger partial charge in [0.05, 0.1) is 31.7 Å². The second-order valence-corrected chi connectivity index (χ2v) is 10.5. The van der Waals surface area contributed by atoms with Crippen LogP contribution in [0.3, 0.4) is 0 Å². The number of carbonyl (C=O) groups excluding carboxylic acids is 1. The maximum atomic E-state index is 11.7. The third kappa shape index (κ3) is 5.26. The molecule has 1 fully saturated rings. The van der Waals surface area contributed by atoms with Gasteiger partial charge in [0.25, 0.3) is 0 Å². The molecule has 1 heterocycles. The summed E-state index contributed by atoms with van der Waals surface area (Å²) < 4.78 is 22.0. The quantitative estimate of drug-likeness (QED) is 0.327. The number of esters is 1. The van der Waals surface area contributed by atoms with Gasteiger partial charge in [-0.05, 0) is 33.5 Å². The van der Waals surface area contributed by atoms with Crippen LogP contribution in [0.5, 0.6) is 0 Å². The molecule has 0 aromatic rings. The molecule has 0 radical (unpaired) electrons. The van der Waals surface area contributed by atoms with Gasteiger partial charge in [0, 0.05) is 12.8 Å². The van der Waals surface area contributed by atoms with Crippen molar-refractivity contribution >= 4 is 14.3 Å². The Bertz CT molecular complexity index is 378. The van der Waals surface area contributed by atoms with Gasteiger partial charge in [-0.15, -0.1) is 0 Å². The van der Waals surface area contributed by atoms with Crippen molar-refractivity contribution in [1.29, 1.82) is 0 Å². The lowest BCUT2D eigenvalue weighted by molar-refractivity contribution is -0.147. The molecule has 0 aromatic heterocycles. The van der Waals surface area contributed by atoms with E-state index in [0.717, 1.165) is 0 Å². The Balaban J connectivity index is 2.80. The van der Waals surface area contributed by atoms with E-state index in [1.54, 1.807) is 6.92 Å². The van der Waals surface area contributed by atoms with Crippen molar-refractivity contribution in [2.75, 3.05) is 20.3 Å². The van der Waals surface area contributed by atoms with Gasteiger partial charge in [-0.2, -0.15) is 0 Å². The Hall–Kier alpha value is -0.853. The number of carbonyl (C=O) groups is 1. The van der Waals surface area contributed by atoms with Gasteiger partial charge in [-0.25, -0.2) is 4.79 Å². The van der Waals surface area contributed by atoms with E-state index in [4.69, 9.17) is 18.6 Å². The van der Waals surface area contributed by atoms with Crippen LogP contribution in [0, 0.1) is 0 Å². The minimum atomic E-state index is -1.79. The van der Waals surface area contributed by atoms with Gasteiger partial charge in [-0.1, -0.05) is 0 Å². The second-order valence-electron chi connectivity index (χ2n) is 6.08. The fourth-order valence-corrected chi connectivity index (χ4v) is 2.99. The molecule has 6 heteroatoms. The van der Waals surface area contributed by atoms with Crippen molar-refractivity contribution in [3.8, 4) is 0 Å². The predicted octanol–water partition coefficient (Wildman–Crippen LogP) is 2.83.